The fourth-order valence-electron chi connectivity index (χ4n) is 2.31. The number of aromatic nitrogens is 2. The summed E-state index contributed by atoms with van der Waals surface area (Å²) in [5, 5.41) is 16.0. The third-order valence-corrected chi connectivity index (χ3v) is 4.75. The molecule has 3 rings (SSSR count). The maximum absolute atomic E-state index is 9.13. The molecule has 3 N–H and O–H groups in total. The summed E-state index contributed by atoms with van der Waals surface area (Å²) in [5.41, 5.74) is 2.58. The van der Waals surface area contributed by atoms with Crippen LogP contribution in [0.2, 0.25) is 5.02 Å². The average molecular weight is 402 g/mol. The van der Waals surface area contributed by atoms with Crippen molar-refractivity contribution >= 4 is 46.7 Å². The third kappa shape index (κ3) is 5.33. The van der Waals surface area contributed by atoms with E-state index in [1.54, 1.807) is 18.1 Å². The molecule has 1 aromatic heterocycles. The normalized spacial score (nSPS) is 10.9. The fraction of sp³-hybridized carbons (Fsp3) is 0.158. The highest BCUT2D eigenvalue weighted by Crippen LogP contribution is 2.32. The van der Waals surface area contributed by atoms with Crippen LogP contribution in [-0.2, 0) is 6.61 Å². The summed E-state index contributed by atoms with van der Waals surface area (Å²) in [4.78, 5) is 9.78. The summed E-state index contributed by atoms with van der Waals surface area (Å²) >= 11 is 7.90. The molecule has 0 aliphatic carbocycles. The van der Waals surface area contributed by atoms with E-state index in [1.807, 2.05) is 66.9 Å². The minimum atomic E-state index is 0.0101. The second kappa shape index (κ2) is 9.05. The van der Waals surface area contributed by atoms with E-state index in [4.69, 9.17) is 16.7 Å². The monoisotopic (exact) mass is 401 g/mol. The van der Waals surface area contributed by atoms with Crippen molar-refractivity contribution in [2.75, 3.05) is 24.7 Å². The van der Waals surface area contributed by atoms with Gasteiger partial charge in [0.15, 0.2) is 5.82 Å². The molecule has 6 nitrogen and oxygen atoms in total. The van der Waals surface area contributed by atoms with Crippen LogP contribution in [0.5, 0.6) is 0 Å². The highest BCUT2D eigenvalue weighted by Gasteiger charge is 2.10. The molecular formula is C19H20ClN5OS. The van der Waals surface area contributed by atoms with Crippen LogP contribution in [0.15, 0.2) is 59.6 Å². The van der Waals surface area contributed by atoms with Crippen LogP contribution in [-0.4, -0.2) is 33.5 Å². The molecule has 0 fully saturated rings. The highest BCUT2D eigenvalue weighted by molar-refractivity contribution is 7.97. The lowest BCUT2D eigenvalue weighted by atomic mass is 10.2. The average Bonchev–Trinajstić information content (AvgIpc) is 2.66. The zero-order valence-corrected chi connectivity index (χ0v) is 16.6. The van der Waals surface area contributed by atoms with Crippen molar-refractivity contribution in [1.82, 2.24) is 14.3 Å². The Morgan fingerprint density at radius 1 is 1.07 bits per heavy atom. The summed E-state index contributed by atoms with van der Waals surface area (Å²) in [6, 6.07) is 15.4. The summed E-state index contributed by atoms with van der Waals surface area (Å²) in [7, 11) is 3.98. The largest absolute Gasteiger partial charge is 0.392 e. The lowest BCUT2D eigenvalue weighted by Gasteiger charge is -2.15. The predicted molar refractivity (Wildman–Crippen MR) is 112 cm³/mol. The van der Waals surface area contributed by atoms with Crippen molar-refractivity contribution < 1.29 is 5.11 Å². The molecule has 0 radical (unpaired) electrons. The van der Waals surface area contributed by atoms with Crippen LogP contribution < -0.4 is 10.6 Å². The molecule has 1 heterocycles. The maximum Gasteiger partial charge on any atom is 0.229 e. The first-order valence-electron chi connectivity index (χ1n) is 8.26. The standard InChI is InChI=1S/C19H20ClN5OS/c1-25(2)27-17-6-4-3-5-16(17)23-18-15(20)11-21-19(24-18)22-14-9-7-13(12-26)8-10-14/h3-11,26H,12H2,1-2H3,(H2,21,22,23,24). The Kier molecular flexibility index (Phi) is 6.52. The van der Waals surface area contributed by atoms with Crippen LogP contribution in [0.1, 0.15) is 5.56 Å². The molecule has 0 atom stereocenters. The number of hydrogen-bond acceptors (Lipinski definition) is 7. The van der Waals surface area contributed by atoms with Gasteiger partial charge in [0.05, 0.1) is 18.5 Å². The van der Waals surface area contributed by atoms with Crippen molar-refractivity contribution in [3.8, 4) is 0 Å². The summed E-state index contributed by atoms with van der Waals surface area (Å²) in [6.07, 6.45) is 1.56. The molecule has 0 bridgehead atoms. The van der Waals surface area contributed by atoms with E-state index < -0.39 is 0 Å². The van der Waals surface area contributed by atoms with Gasteiger partial charge in [0, 0.05) is 10.6 Å². The van der Waals surface area contributed by atoms with Crippen LogP contribution in [0, 0.1) is 0 Å². The zero-order valence-electron chi connectivity index (χ0n) is 15.0. The number of nitrogens with one attached hydrogen (secondary N) is 2. The topological polar surface area (TPSA) is 73.3 Å². The van der Waals surface area contributed by atoms with Gasteiger partial charge in [-0.15, -0.1) is 0 Å². The Morgan fingerprint density at radius 2 is 1.81 bits per heavy atom. The van der Waals surface area contributed by atoms with Gasteiger partial charge >= 0.3 is 0 Å². The van der Waals surface area contributed by atoms with E-state index in [9.17, 15) is 0 Å². The number of halogens is 1. The number of nitrogens with zero attached hydrogens (tertiary/aromatic N) is 3. The molecule has 140 valence electrons. The first kappa shape index (κ1) is 19.4. The lowest BCUT2D eigenvalue weighted by molar-refractivity contribution is 0.282. The summed E-state index contributed by atoms with van der Waals surface area (Å²) < 4.78 is 2.02. The van der Waals surface area contributed by atoms with Crippen molar-refractivity contribution in [1.29, 1.82) is 0 Å². The van der Waals surface area contributed by atoms with Gasteiger partial charge in [0.25, 0.3) is 0 Å². The number of aliphatic hydroxyl groups excluding tert-OH is 1. The SMILES string of the molecule is CN(C)Sc1ccccc1Nc1nc(Nc2ccc(CO)cc2)ncc1Cl. The fourth-order valence-corrected chi connectivity index (χ4v) is 3.20. The third-order valence-electron chi connectivity index (χ3n) is 3.56. The molecule has 0 spiro atoms. The number of rotatable bonds is 7. The molecule has 0 unspecified atom stereocenters. The molecule has 0 saturated heterocycles. The van der Waals surface area contributed by atoms with Gasteiger partial charge in [-0.3, -0.25) is 4.31 Å². The molecule has 2 aromatic carbocycles. The van der Waals surface area contributed by atoms with Gasteiger partial charge < -0.3 is 15.7 Å². The van der Waals surface area contributed by atoms with Gasteiger partial charge in [0.1, 0.15) is 5.02 Å². The zero-order chi connectivity index (χ0) is 19.2. The van der Waals surface area contributed by atoms with Crippen molar-refractivity contribution in [3.05, 3.63) is 65.3 Å². The molecule has 0 amide bonds. The van der Waals surface area contributed by atoms with Gasteiger partial charge in [-0.2, -0.15) is 4.98 Å². The smallest absolute Gasteiger partial charge is 0.229 e. The van der Waals surface area contributed by atoms with Gasteiger partial charge in [-0.25, -0.2) is 4.98 Å². The minimum absolute atomic E-state index is 0.0101. The lowest BCUT2D eigenvalue weighted by Crippen LogP contribution is -2.04. The number of hydrogen-bond donors (Lipinski definition) is 3. The van der Waals surface area contributed by atoms with E-state index >= 15 is 0 Å². The maximum atomic E-state index is 9.13. The van der Waals surface area contributed by atoms with Gasteiger partial charge in [-0.05, 0) is 55.9 Å². The number of para-hydroxylation sites is 1. The Bertz CT molecular complexity index is 905. The minimum Gasteiger partial charge on any atom is -0.392 e. The first-order valence-corrected chi connectivity index (χ1v) is 9.41. The van der Waals surface area contributed by atoms with Crippen LogP contribution in [0.4, 0.5) is 23.1 Å². The Morgan fingerprint density at radius 3 is 2.52 bits per heavy atom. The molecule has 0 aliphatic rings. The van der Waals surface area contributed by atoms with Crippen LogP contribution >= 0.6 is 23.5 Å². The van der Waals surface area contributed by atoms with Crippen molar-refractivity contribution in [2.45, 2.75) is 11.5 Å². The Balaban J connectivity index is 1.81. The quantitative estimate of drug-likeness (QED) is 0.496. The number of anilines is 4. The second-order valence-electron chi connectivity index (χ2n) is 5.89. The predicted octanol–water partition coefficient (Wildman–Crippen LogP) is 4.68. The van der Waals surface area contributed by atoms with Crippen molar-refractivity contribution in [2.24, 2.45) is 0 Å². The summed E-state index contributed by atoms with van der Waals surface area (Å²) in [6.45, 7) is 0.0101. The molecule has 3 aromatic rings. The van der Waals surface area contributed by atoms with E-state index in [0.29, 0.717) is 16.8 Å². The summed E-state index contributed by atoms with van der Waals surface area (Å²) in [5.74, 6) is 0.948. The molecule has 27 heavy (non-hydrogen) atoms. The highest BCUT2D eigenvalue weighted by atomic mass is 35.5. The van der Waals surface area contributed by atoms with Crippen LogP contribution in [0.3, 0.4) is 0 Å². The van der Waals surface area contributed by atoms with E-state index in [1.165, 1.54) is 0 Å². The van der Waals surface area contributed by atoms with E-state index in [2.05, 4.69) is 20.6 Å². The Hall–Kier alpha value is -2.32. The van der Waals surface area contributed by atoms with Gasteiger partial charge in [-0.1, -0.05) is 35.9 Å². The second-order valence-corrected chi connectivity index (χ2v) is 7.65. The number of benzene rings is 2. The molecule has 0 aliphatic heterocycles. The van der Waals surface area contributed by atoms with E-state index in [-0.39, 0.29) is 6.61 Å². The molecule has 0 saturated carbocycles. The first-order chi connectivity index (χ1) is 13.0. The molecule has 8 heteroatoms. The van der Waals surface area contributed by atoms with Gasteiger partial charge in [0.2, 0.25) is 5.95 Å². The van der Waals surface area contributed by atoms with Crippen LogP contribution in [0.25, 0.3) is 0 Å². The number of aliphatic hydroxyl groups is 1. The van der Waals surface area contributed by atoms with E-state index in [0.717, 1.165) is 21.8 Å². The molecular weight excluding hydrogens is 382 g/mol. The Labute approximate surface area is 167 Å². The van der Waals surface area contributed by atoms with Crippen molar-refractivity contribution in [3.63, 3.8) is 0 Å².